The molecule has 1 aromatic heterocycles. The van der Waals surface area contributed by atoms with E-state index in [1.54, 1.807) is 4.90 Å². The second kappa shape index (κ2) is 7.05. The number of carbonyl (C=O) groups is 1. The lowest BCUT2D eigenvalue weighted by Crippen LogP contribution is -2.33. The van der Waals surface area contributed by atoms with Crippen molar-refractivity contribution in [1.82, 2.24) is 14.7 Å². The lowest BCUT2D eigenvalue weighted by Gasteiger charge is -2.17. The molecular weight excluding hydrogens is 304 g/mol. The van der Waals surface area contributed by atoms with Crippen LogP contribution in [0.3, 0.4) is 0 Å². The van der Waals surface area contributed by atoms with Crippen LogP contribution in [0.2, 0.25) is 0 Å². The summed E-state index contributed by atoms with van der Waals surface area (Å²) in [7, 11) is 0. The molecule has 2 N–H and O–H groups in total. The van der Waals surface area contributed by atoms with Crippen molar-refractivity contribution >= 4 is 11.7 Å². The molecule has 2 aromatic rings. The molecule has 128 valence electrons. The van der Waals surface area contributed by atoms with Gasteiger partial charge in [0.1, 0.15) is 0 Å². The first kappa shape index (κ1) is 16.5. The number of anilines is 1. The molecule has 6 nitrogen and oxygen atoms in total. The highest BCUT2D eigenvalue weighted by atomic mass is 16.3. The SMILES string of the molecule is Cc1cc(C)n(Cc2cccc(NC(=O)N3CCC(CO)C3)c2)n1. The number of aliphatic hydroxyl groups excluding tert-OH is 1. The Balaban J connectivity index is 1.65. The summed E-state index contributed by atoms with van der Waals surface area (Å²) < 4.78 is 1.96. The van der Waals surface area contributed by atoms with Crippen LogP contribution in [0.15, 0.2) is 30.3 Å². The highest BCUT2D eigenvalue weighted by Gasteiger charge is 2.25. The zero-order valence-corrected chi connectivity index (χ0v) is 14.2. The number of urea groups is 1. The molecule has 1 unspecified atom stereocenters. The molecule has 1 aromatic carbocycles. The molecule has 0 spiro atoms. The second-order valence-corrected chi connectivity index (χ2v) is 6.50. The first-order valence-electron chi connectivity index (χ1n) is 8.32. The number of hydrogen-bond acceptors (Lipinski definition) is 3. The van der Waals surface area contributed by atoms with Crippen molar-refractivity contribution in [2.75, 3.05) is 25.0 Å². The topological polar surface area (TPSA) is 70.4 Å². The van der Waals surface area contributed by atoms with E-state index in [0.717, 1.165) is 29.1 Å². The third-order valence-corrected chi connectivity index (χ3v) is 4.45. The second-order valence-electron chi connectivity index (χ2n) is 6.50. The van der Waals surface area contributed by atoms with Crippen molar-refractivity contribution in [3.63, 3.8) is 0 Å². The number of rotatable bonds is 4. The molecular formula is C18H24N4O2. The zero-order chi connectivity index (χ0) is 17.1. The third kappa shape index (κ3) is 3.76. The summed E-state index contributed by atoms with van der Waals surface area (Å²) in [6.45, 7) is 6.16. The summed E-state index contributed by atoms with van der Waals surface area (Å²) in [5, 5.41) is 16.6. The fraction of sp³-hybridized carbons (Fsp3) is 0.444. The quantitative estimate of drug-likeness (QED) is 0.905. The first-order chi connectivity index (χ1) is 11.5. The number of hydrogen-bond donors (Lipinski definition) is 2. The van der Waals surface area contributed by atoms with Crippen LogP contribution >= 0.6 is 0 Å². The molecule has 1 aliphatic rings. The van der Waals surface area contributed by atoms with E-state index in [1.165, 1.54) is 0 Å². The number of nitrogens with one attached hydrogen (secondary N) is 1. The van der Waals surface area contributed by atoms with E-state index in [9.17, 15) is 9.90 Å². The highest BCUT2D eigenvalue weighted by Crippen LogP contribution is 2.18. The molecule has 0 bridgehead atoms. The highest BCUT2D eigenvalue weighted by molar-refractivity contribution is 5.89. The summed E-state index contributed by atoms with van der Waals surface area (Å²) in [5.74, 6) is 0.202. The van der Waals surface area contributed by atoms with E-state index in [1.807, 2.05) is 42.8 Å². The molecule has 0 aliphatic carbocycles. The molecule has 0 saturated carbocycles. The molecule has 3 rings (SSSR count). The normalized spacial score (nSPS) is 17.3. The van der Waals surface area contributed by atoms with Gasteiger partial charge in [-0.25, -0.2) is 4.79 Å². The van der Waals surface area contributed by atoms with Gasteiger partial charge in [-0.2, -0.15) is 5.10 Å². The number of aromatic nitrogens is 2. The molecule has 0 radical (unpaired) electrons. The van der Waals surface area contributed by atoms with E-state index < -0.39 is 0 Å². The van der Waals surface area contributed by atoms with Gasteiger partial charge < -0.3 is 15.3 Å². The van der Waals surface area contributed by atoms with E-state index >= 15 is 0 Å². The van der Waals surface area contributed by atoms with Crippen LogP contribution in [0, 0.1) is 19.8 Å². The zero-order valence-electron chi connectivity index (χ0n) is 14.2. The molecule has 1 saturated heterocycles. The predicted octanol–water partition coefficient (Wildman–Crippen LogP) is 2.39. The van der Waals surface area contributed by atoms with Crippen LogP contribution in [0.4, 0.5) is 10.5 Å². The average Bonchev–Trinajstić information content (AvgIpc) is 3.14. The summed E-state index contributed by atoms with van der Waals surface area (Å²) >= 11 is 0. The van der Waals surface area contributed by atoms with Gasteiger partial charge in [-0.15, -0.1) is 0 Å². The van der Waals surface area contributed by atoms with Crippen molar-refractivity contribution in [3.05, 3.63) is 47.3 Å². The molecule has 6 heteroatoms. The van der Waals surface area contributed by atoms with Crippen molar-refractivity contribution in [2.45, 2.75) is 26.8 Å². The van der Waals surface area contributed by atoms with Gasteiger partial charge in [0.2, 0.25) is 0 Å². The number of aryl methyl sites for hydroxylation is 2. The van der Waals surface area contributed by atoms with Crippen LogP contribution in [-0.2, 0) is 6.54 Å². The van der Waals surface area contributed by atoms with Gasteiger partial charge in [0.15, 0.2) is 0 Å². The monoisotopic (exact) mass is 328 g/mol. The van der Waals surface area contributed by atoms with Crippen LogP contribution in [0.1, 0.15) is 23.4 Å². The van der Waals surface area contributed by atoms with Crippen molar-refractivity contribution in [3.8, 4) is 0 Å². The minimum Gasteiger partial charge on any atom is -0.396 e. The van der Waals surface area contributed by atoms with E-state index in [-0.39, 0.29) is 18.6 Å². The Labute approximate surface area is 142 Å². The van der Waals surface area contributed by atoms with Gasteiger partial charge >= 0.3 is 6.03 Å². The molecule has 2 heterocycles. The smallest absolute Gasteiger partial charge is 0.321 e. The standard InChI is InChI=1S/C18H24N4O2/c1-13-8-14(2)22(20-13)11-15-4-3-5-17(9-15)19-18(24)21-7-6-16(10-21)12-23/h3-5,8-9,16,23H,6-7,10-12H2,1-2H3,(H,19,24). The van der Waals surface area contributed by atoms with Gasteiger partial charge in [-0.05, 0) is 44.0 Å². The number of benzene rings is 1. The Kier molecular flexibility index (Phi) is 4.85. The minimum absolute atomic E-state index is 0.103. The summed E-state index contributed by atoms with van der Waals surface area (Å²) in [6, 6.07) is 9.79. The summed E-state index contributed by atoms with van der Waals surface area (Å²) in [6.07, 6.45) is 0.863. The van der Waals surface area contributed by atoms with Crippen LogP contribution in [-0.4, -0.2) is 45.5 Å². The largest absolute Gasteiger partial charge is 0.396 e. The molecule has 1 atom stereocenters. The van der Waals surface area contributed by atoms with Crippen LogP contribution < -0.4 is 5.32 Å². The average molecular weight is 328 g/mol. The predicted molar refractivity (Wildman–Crippen MR) is 93.0 cm³/mol. The van der Waals surface area contributed by atoms with Crippen molar-refractivity contribution < 1.29 is 9.90 Å². The maximum atomic E-state index is 12.3. The first-order valence-corrected chi connectivity index (χ1v) is 8.32. The fourth-order valence-electron chi connectivity index (χ4n) is 3.12. The summed E-state index contributed by atoms with van der Waals surface area (Å²) in [4.78, 5) is 14.1. The third-order valence-electron chi connectivity index (χ3n) is 4.45. The lowest BCUT2D eigenvalue weighted by atomic mass is 10.1. The fourth-order valence-corrected chi connectivity index (χ4v) is 3.12. The maximum Gasteiger partial charge on any atom is 0.321 e. The Morgan fingerprint density at radius 1 is 1.38 bits per heavy atom. The van der Waals surface area contributed by atoms with Gasteiger partial charge in [0.25, 0.3) is 0 Å². The molecule has 1 aliphatic heterocycles. The number of amides is 2. The van der Waals surface area contributed by atoms with Gasteiger partial charge in [-0.1, -0.05) is 12.1 Å². The molecule has 1 fully saturated rings. The molecule has 24 heavy (non-hydrogen) atoms. The molecule has 2 amide bonds. The Hall–Kier alpha value is -2.34. The van der Waals surface area contributed by atoms with Gasteiger partial charge in [0, 0.05) is 37.0 Å². The minimum atomic E-state index is -0.103. The van der Waals surface area contributed by atoms with Gasteiger partial charge in [-0.3, -0.25) is 4.68 Å². The van der Waals surface area contributed by atoms with E-state index in [2.05, 4.69) is 16.5 Å². The number of aliphatic hydroxyl groups is 1. The number of nitrogens with zero attached hydrogens (tertiary/aromatic N) is 3. The van der Waals surface area contributed by atoms with E-state index in [4.69, 9.17) is 0 Å². The number of carbonyl (C=O) groups excluding carboxylic acids is 1. The van der Waals surface area contributed by atoms with Crippen LogP contribution in [0.5, 0.6) is 0 Å². The summed E-state index contributed by atoms with van der Waals surface area (Å²) in [5.41, 5.74) is 4.00. The van der Waals surface area contributed by atoms with Crippen molar-refractivity contribution in [1.29, 1.82) is 0 Å². The Morgan fingerprint density at radius 3 is 2.88 bits per heavy atom. The Bertz CT molecular complexity index is 726. The van der Waals surface area contributed by atoms with Crippen LogP contribution in [0.25, 0.3) is 0 Å². The Morgan fingerprint density at radius 2 is 2.21 bits per heavy atom. The maximum absolute atomic E-state index is 12.3. The number of likely N-dealkylation sites (tertiary alicyclic amines) is 1. The van der Waals surface area contributed by atoms with Crippen molar-refractivity contribution in [2.24, 2.45) is 5.92 Å². The van der Waals surface area contributed by atoms with E-state index in [0.29, 0.717) is 19.6 Å². The van der Waals surface area contributed by atoms with Gasteiger partial charge in [0.05, 0.1) is 12.2 Å². The lowest BCUT2D eigenvalue weighted by molar-refractivity contribution is 0.209.